The van der Waals surface area contributed by atoms with Gasteiger partial charge in [0.1, 0.15) is 5.76 Å². The molecule has 1 aliphatic carbocycles. The maximum Gasteiger partial charge on any atom is 0.289 e. The van der Waals surface area contributed by atoms with Crippen molar-refractivity contribution in [3.63, 3.8) is 0 Å². The zero-order valence-electron chi connectivity index (χ0n) is 20.2. The Morgan fingerprint density at radius 3 is 2.32 bits per heavy atom. The number of fused-ring (bicyclic) bond motifs is 1. The molecule has 1 N–H and O–H groups in total. The van der Waals surface area contributed by atoms with E-state index in [2.05, 4.69) is 46.8 Å². The summed E-state index contributed by atoms with van der Waals surface area (Å²) in [4.78, 5) is 14.6. The van der Waals surface area contributed by atoms with E-state index in [0.29, 0.717) is 31.7 Å². The monoisotopic (exact) mass is 425 g/mol. The van der Waals surface area contributed by atoms with Crippen LogP contribution >= 0.6 is 0 Å². The summed E-state index contributed by atoms with van der Waals surface area (Å²) in [6, 6.07) is 8.49. The second-order valence-corrected chi connectivity index (χ2v) is 10.4. The van der Waals surface area contributed by atoms with Gasteiger partial charge in [-0.15, -0.1) is 0 Å². The number of aliphatic hydroxyl groups is 1. The Kier molecular flexibility index (Phi) is 7.00. The van der Waals surface area contributed by atoms with E-state index in [1.165, 1.54) is 35.1 Å². The van der Waals surface area contributed by atoms with Gasteiger partial charge >= 0.3 is 0 Å². The number of unbranched alkanes of at least 4 members (excludes halogenated alkanes) is 1. The van der Waals surface area contributed by atoms with Gasteiger partial charge in [-0.25, -0.2) is 0 Å². The van der Waals surface area contributed by atoms with Crippen LogP contribution in [0.5, 0.6) is 0 Å². The molecule has 1 aromatic carbocycles. The van der Waals surface area contributed by atoms with Crippen LogP contribution in [0, 0.1) is 6.92 Å². The molecule has 0 fully saturated rings. The lowest BCUT2D eigenvalue weighted by Crippen LogP contribution is -2.34. The van der Waals surface area contributed by atoms with Crippen LogP contribution in [-0.2, 0) is 17.3 Å². The first-order valence-corrected chi connectivity index (χ1v) is 11.7. The largest absolute Gasteiger partial charge is 0.456 e. The van der Waals surface area contributed by atoms with Crippen LogP contribution in [-0.4, -0.2) is 35.6 Å². The van der Waals surface area contributed by atoms with E-state index in [9.17, 15) is 4.79 Å². The highest BCUT2D eigenvalue weighted by atomic mass is 16.4. The third-order valence-corrected chi connectivity index (χ3v) is 7.05. The van der Waals surface area contributed by atoms with E-state index in [4.69, 9.17) is 9.52 Å². The molecule has 0 saturated carbocycles. The van der Waals surface area contributed by atoms with Gasteiger partial charge in [0, 0.05) is 26.1 Å². The van der Waals surface area contributed by atoms with Crippen molar-refractivity contribution in [2.75, 3.05) is 19.7 Å². The van der Waals surface area contributed by atoms with Gasteiger partial charge in [-0.05, 0) is 84.7 Å². The highest BCUT2D eigenvalue weighted by Crippen LogP contribution is 2.46. The van der Waals surface area contributed by atoms with Gasteiger partial charge in [0.15, 0.2) is 5.76 Å². The molecule has 0 atom stereocenters. The van der Waals surface area contributed by atoms with Crippen molar-refractivity contribution in [1.82, 2.24) is 4.90 Å². The Morgan fingerprint density at radius 1 is 1.06 bits per heavy atom. The Morgan fingerprint density at radius 2 is 1.71 bits per heavy atom. The second-order valence-electron chi connectivity index (χ2n) is 10.4. The number of rotatable bonds is 8. The van der Waals surface area contributed by atoms with Crippen molar-refractivity contribution in [2.24, 2.45) is 0 Å². The molecule has 170 valence electrons. The van der Waals surface area contributed by atoms with E-state index >= 15 is 0 Å². The zero-order chi connectivity index (χ0) is 22.8. The Hall–Kier alpha value is -2.07. The van der Waals surface area contributed by atoms with E-state index in [0.717, 1.165) is 12.2 Å². The molecule has 0 unspecified atom stereocenters. The maximum absolute atomic E-state index is 12.8. The van der Waals surface area contributed by atoms with Crippen molar-refractivity contribution in [3.8, 4) is 0 Å². The number of aliphatic hydroxyl groups excluding tert-OH is 1. The molecule has 1 aliphatic rings. The smallest absolute Gasteiger partial charge is 0.289 e. The van der Waals surface area contributed by atoms with Crippen LogP contribution < -0.4 is 0 Å². The molecule has 0 spiro atoms. The van der Waals surface area contributed by atoms with E-state index in [-0.39, 0.29) is 23.3 Å². The number of carbonyl (C=O) groups is 1. The number of amides is 1. The number of nitrogens with zero attached hydrogens (tertiary/aromatic N) is 1. The Balaban J connectivity index is 1.81. The fraction of sp³-hybridized carbons (Fsp3) is 0.593. The molecule has 1 aromatic heterocycles. The maximum atomic E-state index is 12.8. The number of aryl methyl sites for hydroxylation is 1. The molecule has 31 heavy (non-hydrogen) atoms. The van der Waals surface area contributed by atoms with Gasteiger partial charge in [0.25, 0.3) is 5.91 Å². The Labute approximate surface area is 187 Å². The molecule has 3 rings (SSSR count). The van der Waals surface area contributed by atoms with E-state index in [1.54, 1.807) is 11.0 Å². The van der Waals surface area contributed by atoms with Gasteiger partial charge < -0.3 is 14.4 Å². The Bertz CT molecular complexity index is 923. The van der Waals surface area contributed by atoms with Crippen molar-refractivity contribution in [1.29, 1.82) is 0 Å². The molecule has 0 radical (unpaired) electrons. The van der Waals surface area contributed by atoms with Crippen LogP contribution in [0.3, 0.4) is 0 Å². The minimum atomic E-state index is -0.0725. The summed E-state index contributed by atoms with van der Waals surface area (Å²) in [5.74, 6) is 1.15. The van der Waals surface area contributed by atoms with E-state index < -0.39 is 0 Å². The highest BCUT2D eigenvalue weighted by molar-refractivity contribution is 5.91. The molecular weight excluding hydrogens is 386 g/mol. The van der Waals surface area contributed by atoms with Crippen molar-refractivity contribution < 1.29 is 14.3 Å². The molecule has 0 saturated heterocycles. The van der Waals surface area contributed by atoms with Crippen LogP contribution in [0.25, 0.3) is 0 Å². The fourth-order valence-electron chi connectivity index (χ4n) is 4.71. The summed E-state index contributed by atoms with van der Waals surface area (Å²) in [5.41, 5.74) is 5.86. The predicted molar refractivity (Wildman–Crippen MR) is 126 cm³/mol. The zero-order valence-corrected chi connectivity index (χ0v) is 20.2. The number of hydrogen-bond donors (Lipinski definition) is 1. The number of benzene rings is 1. The predicted octanol–water partition coefficient (Wildman–Crippen LogP) is 5.76. The molecule has 4 nitrogen and oxygen atoms in total. The lowest BCUT2D eigenvalue weighted by molar-refractivity contribution is 0.0725. The topological polar surface area (TPSA) is 53.7 Å². The molecule has 0 aliphatic heterocycles. The van der Waals surface area contributed by atoms with Crippen LogP contribution in [0.1, 0.15) is 98.9 Å². The third kappa shape index (κ3) is 5.06. The first-order valence-electron chi connectivity index (χ1n) is 11.7. The van der Waals surface area contributed by atoms with Gasteiger partial charge in [-0.2, -0.15) is 0 Å². The summed E-state index contributed by atoms with van der Waals surface area (Å²) >= 11 is 0. The van der Waals surface area contributed by atoms with Crippen LogP contribution in [0.2, 0.25) is 0 Å². The van der Waals surface area contributed by atoms with Crippen molar-refractivity contribution >= 4 is 5.91 Å². The summed E-state index contributed by atoms with van der Waals surface area (Å²) in [6.07, 6.45) is 4.60. The summed E-state index contributed by atoms with van der Waals surface area (Å²) in [5, 5.41) is 8.99. The van der Waals surface area contributed by atoms with Crippen molar-refractivity contribution in [3.05, 3.63) is 58.0 Å². The van der Waals surface area contributed by atoms with E-state index in [1.807, 2.05) is 13.0 Å². The fourth-order valence-corrected chi connectivity index (χ4v) is 4.71. The second kappa shape index (κ2) is 9.20. The van der Waals surface area contributed by atoms with Gasteiger partial charge in [0.2, 0.25) is 0 Å². The first kappa shape index (κ1) is 23.6. The minimum Gasteiger partial charge on any atom is -0.456 e. The minimum absolute atomic E-state index is 0.0725. The third-order valence-electron chi connectivity index (χ3n) is 7.05. The molecule has 2 aromatic rings. The number of hydrogen-bond acceptors (Lipinski definition) is 3. The van der Waals surface area contributed by atoms with Gasteiger partial charge in [-0.3, -0.25) is 4.79 Å². The lowest BCUT2D eigenvalue weighted by Gasteiger charge is -2.42. The highest BCUT2D eigenvalue weighted by Gasteiger charge is 2.37. The lowest BCUT2D eigenvalue weighted by atomic mass is 9.62. The van der Waals surface area contributed by atoms with Crippen LogP contribution in [0.15, 0.2) is 28.7 Å². The average Bonchev–Trinajstić information content (AvgIpc) is 3.18. The summed E-state index contributed by atoms with van der Waals surface area (Å²) in [7, 11) is 0. The molecule has 0 bridgehead atoms. The van der Waals surface area contributed by atoms with Gasteiger partial charge in [0.05, 0.1) is 0 Å². The average molecular weight is 426 g/mol. The summed E-state index contributed by atoms with van der Waals surface area (Å²) < 4.78 is 5.99. The quantitative estimate of drug-likeness (QED) is 0.547. The summed E-state index contributed by atoms with van der Waals surface area (Å²) in [6.45, 7) is 15.0. The SMILES string of the molecule is CCN(CCCCO)C(=O)c1ccc(Cc2cc3c(cc2C)C(C)(C)CCC3(C)C)o1. The van der Waals surface area contributed by atoms with Gasteiger partial charge in [-0.1, -0.05) is 39.8 Å². The molecular formula is C27H39NO3. The number of furan rings is 1. The molecule has 1 heterocycles. The normalized spacial score (nSPS) is 16.7. The number of carbonyl (C=O) groups excluding carboxylic acids is 1. The molecule has 1 amide bonds. The van der Waals surface area contributed by atoms with Crippen molar-refractivity contribution in [2.45, 2.75) is 84.5 Å². The standard InChI is InChI=1S/C27H39NO3/c1-7-28(14-8-9-15-29)25(30)24-11-10-21(31-24)17-20-18-23-22(16-19(20)2)26(3,4)12-13-27(23,5)6/h10-11,16,18,29H,7-9,12-15,17H2,1-6H3. The first-order chi connectivity index (χ1) is 14.6. The van der Waals surface area contributed by atoms with Crippen LogP contribution in [0.4, 0.5) is 0 Å². The molecule has 4 heteroatoms.